The number of hydrogen-bond acceptors (Lipinski definition) is 2. The van der Waals surface area contributed by atoms with E-state index >= 15 is 0 Å². The van der Waals surface area contributed by atoms with Crippen molar-refractivity contribution < 1.29 is 9.59 Å². The van der Waals surface area contributed by atoms with Gasteiger partial charge >= 0.3 is 6.03 Å². The highest BCUT2D eigenvalue weighted by Gasteiger charge is 2.35. The van der Waals surface area contributed by atoms with E-state index in [0.29, 0.717) is 13.0 Å². The van der Waals surface area contributed by atoms with Gasteiger partial charge in [-0.25, -0.2) is 4.79 Å². The first-order chi connectivity index (χ1) is 8.49. The van der Waals surface area contributed by atoms with Crippen LogP contribution in [0, 0.1) is 5.41 Å². The predicted octanol–water partition coefficient (Wildman–Crippen LogP) is 2.52. The van der Waals surface area contributed by atoms with Crippen LogP contribution >= 0.6 is 0 Å². The third kappa shape index (κ3) is 2.70. The minimum atomic E-state index is -0.302. The first kappa shape index (κ1) is 12.6. The van der Waals surface area contributed by atoms with Crippen LogP contribution in [-0.4, -0.2) is 29.8 Å². The third-order valence-electron chi connectivity index (χ3n) is 3.41. The van der Waals surface area contributed by atoms with Gasteiger partial charge in [-0.15, -0.1) is 0 Å². The summed E-state index contributed by atoms with van der Waals surface area (Å²) in [7, 11) is 0. The van der Waals surface area contributed by atoms with Crippen LogP contribution in [-0.2, 0) is 4.79 Å². The molecule has 4 heteroatoms. The molecule has 4 nitrogen and oxygen atoms in total. The number of piperidine rings is 1. The molecule has 0 bridgehead atoms. The Morgan fingerprint density at radius 1 is 1.28 bits per heavy atom. The molecular formula is C14H18N2O2. The quantitative estimate of drug-likeness (QED) is 0.827. The number of hydrogen-bond donors (Lipinski definition) is 1. The lowest BCUT2D eigenvalue weighted by atomic mass is 9.81. The monoisotopic (exact) mass is 246 g/mol. The Labute approximate surface area is 107 Å². The zero-order chi connectivity index (χ0) is 13.2. The van der Waals surface area contributed by atoms with E-state index in [9.17, 15) is 9.59 Å². The lowest BCUT2D eigenvalue weighted by molar-refractivity contribution is -0.130. The fourth-order valence-corrected chi connectivity index (χ4v) is 1.92. The second-order valence-electron chi connectivity index (χ2n) is 5.27. The number of rotatable bonds is 1. The van der Waals surface area contributed by atoms with Gasteiger partial charge in [0.2, 0.25) is 0 Å². The number of carbonyl (C=O) groups is 2. The van der Waals surface area contributed by atoms with Gasteiger partial charge in [-0.3, -0.25) is 4.79 Å². The molecule has 2 rings (SSSR count). The van der Waals surface area contributed by atoms with E-state index in [1.54, 1.807) is 4.90 Å². The molecule has 1 aliphatic rings. The largest absolute Gasteiger partial charge is 0.322 e. The smallest absolute Gasteiger partial charge is 0.317 e. The number of anilines is 1. The normalized spacial score (nSPS) is 18.6. The Hall–Kier alpha value is -1.84. The van der Waals surface area contributed by atoms with Crippen molar-refractivity contribution in [1.82, 2.24) is 4.90 Å². The first-order valence-electron chi connectivity index (χ1n) is 6.13. The average molecular weight is 246 g/mol. The fourth-order valence-electron chi connectivity index (χ4n) is 1.92. The molecular weight excluding hydrogens is 228 g/mol. The van der Waals surface area contributed by atoms with Crippen molar-refractivity contribution in [2.45, 2.75) is 20.3 Å². The molecule has 0 aliphatic carbocycles. The van der Waals surface area contributed by atoms with Crippen molar-refractivity contribution in [3.63, 3.8) is 0 Å². The molecule has 96 valence electrons. The molecule has 0 unspecified atom stereocenters. The summed E-state index contributed by atoms with van der Waals surface area (Å²) in [6.45, 7) is 4.69. The van der Waals surface area contributed by atoms with Gasteiger partial charge < -0.3 is 10.2 Å². The molecule has 0 aromatic heterocycles. The SMILES string of the molecule is CC1(C)CCN(C(=O)Nc2ccccc2)CC1=O. The maximum absolute atomic E-state index is 12.0. The summed E-state index contributed by atoms with van der Waals surface area (Å²) in [5.74, 6) is 0.122. The molecule has 1 saturated heterocycles. The third-order valence-corrected chi connectivity index (χ3v) is 3.41. The van der Waals surface area contributed by atoms with Gasteiger partial charge in [0, 0.05) is 17.6 Å². The summed E-state index contributed by atoms with van der Waals surface area (Å²) in [6.07, 6.45) is 0.716. The van der Waals surface area contributed by atoms with Crippen LogP contribution in [0.15, 0.2) is 30.3 Å². The first-order valence-corrected chi connectivity index (χ1v) is 6.13. The number of likely N-dealkylation sites (tertiary alicyclic amines) is 1. The summed E-state index contributed by atoms with van der Waals surface area (Å²) < 4.78 is 0. The molecule has 0 atom stereocenters. The zero-order valence-electron chi connectivity index (χ0n) is 10.8. The summed E-state index contributed by atoms with van der Waals surface area (Å²) >= 11 is 0. The molecule has 18 heavy (non-hydrogen) atoms. The van der Waals surface area contributed by atoms with Crippen molar-refractivity contribution >= 4 is 17.5 Å². The standard InChI is InChI=1S/C14H18N2O2/c1-14(2)8-9-16(10-12(14)17)13(18)15-11-6-4-3-5-7-11/h3-7H,8-10H2,1-2H3,(H,15,18). The highest BCUT2D eigenvalue weighted by Crippen LogP contribution is 2.26. The number of ketones is 1. The van der Waals surface area contributed by atoms with E-state index in [4.69, 9.17) is 0 Å². The van der Waals surface area contributed by atoms with Crippen molar-refractivity contribution in [2.24, 2.45) is 5.41 Å². The highest BCUT2D eigenvalue weighted by atomic mass is 16.2. The Kier molecular flexibility index (Phi) is 3.36. The molecule has 2 amide bonds. The summed E-state index contributed by atoms with van der Waals surface area (Å²) in [5.41, 5.74) is 0.448. The topological polar surface area (TPSA) is 49.4 Å². The van der Waals surface area contributed by atoms with E-state index in [0.717, 1.165) is 5.69 Å². The molecule has 0 radical (unpaired) electrons. The number of carbonyl (C=O) groups excluding carboxylic acids is 2. The van der Waals surface area contributed by atoms with Gasteiger partial charge in [0.1, 0.15) is 0 Å². The van der Waals surface area contributed by atoms with Crippen LogP contribution in [0.1, 0.15) is 20.3 Å². The zero-order valence-corrected chi connectivity index (χ0v) is 10.8. The Balaban J connectivity index is 1.97. The van der Waals surface area contributed by atoms with E-state index in [-0.39, 0.29) is 23.8 Å². The Bertz CT molecular complexity index is 454. The summed E-state index contributed by atoms with van der Waals surface area (Å²) in [6, 6.07) is 9.06. The second kappa shape index (κ2) is 4.80. The molecule has 1 aromatic carbocycles. The van der Waals surface area contributed by atoms with Gasteiger partial charge in [0.05, 0.1) is 6.54 Å². The number of para-hydroxylation sites is 1. The lowest BCUT2D eigenvalue weighted by Crippen LogP contribution is -2.49. The van der Waals surface area contributed by atoms with E-state index in [2.05, 4.69) is 5.32 Å². The number of amides is 2. The van der Waals surface area contributed by atoms with Crippen molar-refractivity contribution in [3.05, 3.63) is 30.3 Å². The van der Waals surface area contributed by atoms with E-state index < -0.39 is 0 Å². The van der Waals surface area contributed by atoms with E-state index in [1.165, 1.54) is 0 Å². The predicted molar refractivity (Wildman–Crippen MR) is 70.4 cm³/mol. The Morgan fingerprint density at radius 2 is 1.94 bits per heavy atom. The van der Waals surface area contributed by atoms with Gasteiger partial charge in [-0.1, -0.05) is 32.0 Å². The number of benzene rings is 1. The number of nitrogens with zero attached hydrogens (tertiary/aromatic N) is 1. The summed E-state index contributed by atoms with van der Waals surface area (Å²) in [5, 5.41) is 2.79. The molecule has 1 aliphatic heterocycles. The van der Waals surface area contributed by atoms with Crippen molar-refractivity contribution in [1.29, 1.82) is 0 Å². The average Bonchev–Trinajstić information content (AvgIpc) is 2.34. The molecule has 1 heterocycles. The number of urea groups is 1. The van der Waals surface area contributed by atoms with E-state index in [1.807, 2.05) is 44.2 Å². The molecule has 1 N–H and O–H groups in total. The van der Waals surface area contributed by atoms with Gasteiger partial charge in [0.25, 0.3) is 0 Å². The molecule has 1 fully saturated rings. The minimum Gasteiger partial charge on any atom is -0.317 e. The van der Waals surface area contributed by atoms with Crippen molar-refractivity contribution in [2.75, 3.05) is 18.4 Å². The van der Waals surface area contributed by atoms with Crippen LogP contribution in [0.25, 0.3) is 0 Å². The van der Waals surface area contributed by atoms with Crippen LogP contribution in [0.3, 0.4) is 0 Å². The van der Waals surface area contributed by atoms with Crippen molar-refractivity contribution in [3.8, 4) is 0 Å². The maximum atomic E-state index is 12.0. The van der Waals surface area contributed by atoms with Gasteiger partial charge in [-0.2, -0.15) is 0 Å². The van der Waals surface area contributed by atoms with Gasteiger partial charge in [0.15, 0.2) is 5.78 Å². The van der Waals surface area contributed by atoms with Crippen LogP contribution in [0.5, 0.6) is 0 Å². The number of Topliss-reactive ketones (excluding diaryl/α,β-unsaturated/α-hetero) is 1. The summed E-state index contributed by atoms with van der Waals surface area (Å²) in [4.78, 5) is 25.4. The van der Waals surface area contributed by atoms with Crippen LogP contribution < -0.4 is 5.32 Å². The molecule has 1 aromatic rings. The fraction of sp³-hybridized carbons (Fsp3) is 0.429. The van der Waals surface area contributed by atoms with Gasteiger partial charge in [-0.05, 0) is 18.6 Å². The lowest BCUT2D eigenvalue weighted by Gasteiger charge is -2.35. The molecule has 0 saturated carbocycles. The Morgan fingerprint density at radius 3 is 2.56 bits per heavy atom. The second-order valence-corrected chi connectivity index (χ2v) is 5.27. The minimum absolute atomic E-state index is 0.122. The number of nitrogens with one attached hydrogen (secondary N) is 1. The molecule has 0 spiro atoms. The maximum Gasteiger partial charge on any atom is 0.322 e. The highest BCUT2D eigenvalue weighted by molar-refractivity contribution is 5.95. The van der Waals surface area contributed by atoms with Crippen LogP contribution in [0.2, 0.25) is 0 Å². The van der Waals surface area contributed by atoms with Crippen LogP contribution in [0.4, 0.5) is 10.5 Å².